The Bertz CT molecular complexity index is 498. The Morgan fingerprint density at radius 1 is 1.63 bits per heavy atom. The summed E-state index contributed by atoms with van der Waals surface area (Å²) in [5.41, 5.74) is 0.0483. The van der Waals surface area contributed by atoms with Crippen molar-refractivity contribution in [1.29, 1.82) is 0 Å². The molecule has 0 unspecified atom stereocenters. The van der Waals surface area contributed by atoms with Gasteiger partial charge in [-0.15, -0.1) is 11.3 Å². The maximum absolute atomic E-state index is 11.9. The van der Waals surface area contributed by atoms with Gasteiger partial charge in [-0.1, -0.05) is 0 Å². The summed E-state index contributed by atoms with van der Waals surface area (Å²) in [5, 5.41) is 5.43. The number of piperazine rings is 1. The van der Waals surface area contributed by atoms with E-state index in [1.165, 1.54) is 18.4 Å². The third kappa shape index (κ3) is 2.70. The quantitative estimate of drug-likeness (QED) is 0.821. The standard InChI is InChI=1S/C12H17N3O3S/c1-12(2)10(17)13-4-5-15(12)11-14-8(7-19-11)6-9(16)18-3/h7H,4-6H2,1-3H3,(H,13,17). The number of methoxy groups -OCH3 is 1. The largest absolute Gasteiger partial charge is 0.469 e. The monoisotopic (exact) mass is 283 g/mol. The van der Waals surface area contributed by atoms with E-state index < -0.39 is 5.54 Å². The molecule has 1 fully saturated rings. The van der Waals surface area contributed by atoms with Crippen molar-refractivity contribution in [2.24, 2.45) is 0 Å². The zero-order valence-corrected chi connectivity index (χ0v) is 12.0. The topological polar surface area (TPSA) is 71.5 Å². The van der Waals surface area contributed by atoms with Gasteiger partial charge in [-0.25, -0.2) is 4.98 Å². The highest BCUT2D eigenvalue weighted by Gasteiger charge is 2.39. The van der Waals surface area contributed by atoms with Gasteiger partial charge in [0.15, 0.2) is 5.13 Å². The van der Waals surface area contributed by atoms with E-state index in [0.717, 1.165) is 5.13 Å². The number of ether oxygens (including phenoxy) is 1. The lowest BCUT2D eigenvalue weighted by Crippen LogP contribution is -2.62. The summed E-state index contributed by atoms with van der Waals surface area (Å²) in [5.74, 6) is -0.323. The first-order valence-corrected chi connectivity index (χ1v) is 6.90. The van der Waals surface area contributed by atoms with E-state index in [4.69, 9.17) is 0 Å². The van der Waals surface area contributed by atoms with E-state index in [0.29, 0.717) is 18.8 Å². The number of carbonyl (C=O) groups is 2. The molecule has 1 aromatic heterocycles. The first-order chi connectivity index (χ1) is 8.95. The molecule has 0 saturated carbocycles. The second-order valence-corrected chi connectivity index (χ2v) is 5.68. The molecular formula is C12H17N3O3S. The molecule has 0 radical (unpaired) electrons. The molecule has 2 heterocycles. The highest BCUT2D eigenvalue weighted by Crippen LogP contribution is 2.29. The van der Waals surface area contributed by atoms with Gasteiger partial charge in [0.1, 0.15) is 5.54 Å². The number of rotatable bonds is 3. The van der Waals surface area contributed by atoms with Crippen molar-refractivity contribution in [1.82, 2.24) is 10.3 Å². The molecule has 0 atom stereocenters. The average Bonchev–Trinajstić information content (AvgIpc) is 2.80. The van der Waals surface area contributed by atoms with Gasteiger partial charge < -0.3 is 15.0 Å². The summed E-state index contributed by atoms with van der Waals surface area (Å²) in [6.45, 7) is 5.05. The molecule has 1 aromatic rings. The van der Waals surface area contributed by atoms with Crippen molar-refractivity contribution in [3.63, 3.8) is 0 Å². The summed E-state index contributed by atoms with van der Waals surface area (Å²) in [7, 11) is 1.35. The van der Waals surface area contributed by atoms with Crippen LogP contribution in [0.2, 0.25) is 0 Å². The Balaban J connectivity index is 2.17. The van der Waals surface area contributed by atoms with Crippen molar-refractivity contribution >= 4 is 28.3 Å². The minimum atomic E-state index is -0.626. The van der Waals surface area contributed by atoms with Crippen molar-refractivity contribution in [3.8, 4) is 0 Å². The number of thiazole rings is 1. The minimum Gasteiger partial charge on any atom is -0.469 e. The Morgan fingerprint density at radius 3 is 3.05 bits per heavy atom. The maximum atomic E-state index is 11.9. The van der Waals surface area contributed by atoms with Crippen LogP contribution in [0.3, 0.4) is 0 Å². The summed E-state index contributed by atoms with van der Waals surface area (Å²) in [6.07, 6.45) is 0.160. The molecule has 7 heteroatoms. The molecule has 2 rings (SSSR count). The number of esters is 1. The summed E-state index contributed by atoms with van der Waals surface area (Å²) < 4.78 is 4.61. The number of amides is 1. The summed E-state index contributed by atoms with van der Waals surface area (Å²) in [4.78, 5) is 29.5. The van der Waals surface area contributed by atoms with E-state index in [1.807, 2.05) is 24.1 Å². The van der Waals surface area contributed by atoms with Gasteiger partial charge in [-0.3, -0.25) is 9.59 Å². The van der Waals surface area contributed by atoms with E-state index in [2.05, 4.69) is 15.0 Å². The van der Waals surface area contributed by atoms with Crippen LogP contribution < -0.4 is 10.2 Å². The number of nitrogens with zero attached hydrogens (tertiary/aromatic N) is 2. The number of nitrogens with one attached hydrogen (secondary N) is 1. The van der Waals surface area contributed by atoms with Gasteiger partial charge in [-0.2, -0.15) is 0 Å². The molecule has 0 bridgehead atoms. The second kappa shape index (κ2) is 5.16. The lowest BCUT2D eigenvalue weighted by Gasteiger charge is -2.41. The molecule has 1 N–H and O–H groups in total. The Kier molecular flexibility index (Phi) is 3.75. The van der Waals surface area contributed by atoms with Gasteiger partial charge in [0.05, 0.1) is 19.2 Å². The maximum Gasteiger partial charge on any atom is 0.311 e. The van der Waals surface area contributed by atoms with E-state index in [9.17, 15) is 9.59 Å². The third-order valence-electron chi connectivity index (χ3n) is 3.18. The number of anilines is 1. The summed E-state index contributed by atoms with van der Waals surface area (Å²) >= 11 is 1.44. The van der Waals surface area contributed by atoms with Gasteiger partial charge in [0.25, 0.3) is 0 Å². The molecule has 6 nitrogen and oxygen atoms in total. The molecule has 1 aliphatic heterocycles. The number of hydrogen-bond donors (Lipinski definition) is 1. The zero-order chi connectivity index (χ0) is 14.0. The minimum absolute atomic E-state index is 0.0107. The van der Waals surface area contributed by atoms with Crippen molar-refractivity contribution in [2.75, 3.05) is 25.1 Å². The molecule has 0 aromatic carbocycles. The molecule has 1 amide bonds. The predicted molar refractivity (Wildman–Crippen MR) is 72.3 cm³/mol. The third-order valence-corrected chi connectivity index (χ3v) is 4.09. The normalized spacial score (nSPS) is 18.1. The van der Waals surface area contributed by atoms with Gasteiger partial charge in [-0.05, 0) is 13.8 Å². The van der Waals surface area contributed by atoms with Crippen LogP contribution in [-0.4, -0.2) is 42.6 Å². The van der Waals surface area contributed by atoms with Gasteiger partial charge in [0.2, 0.25) is 5.91 Å². The average molecular weight is 283 g/mol. The number of hydrogen-bond acceptors (Lipinski definition) is 6. The Morgan fingerprint density at radius 2 is 2.37 bits per heavy atom. The van der Waals surface area contributed by atoms with Crippen LogP contribution in [0.15, 0.2) is 5.38 Å². The SMILES string of the molecule is COC(=O)Cc1csc(N2CCNC(=O)C2(C)C)n1. The first-order valence-electron chi connectivity index (χ1n) is 6.02. The predicted octanol–water partition coefficient (Wildman–Crippen LogP) is 0.573. The fraction of sp³-hybridized carbons (Fsp3) is 0.583. The Hall–Kier alpha value is -1.63. The van der Waals surface area contributed by atoms with Gasteiger partial charge in [0, 0.05) is 18.5 Å². The zero-order valence-electron chi connectivity index (χ0n) is 11.2. The van der Waals surface area contributed by atoms with Crippen molar-refractivity contribution in [3.05, 3.63) is 11.1 Å². The Labute approximate surface area is 115 Å². The van der Waals surface area contributed by atoms with Crippen LogP contribution in [0.5, 0.6) is 0 Å². The molecule has 0 aliphatic carbocycles. The number of aromatic nitrogens is 1. The van der Waals surface area contributed by atoms with Crippen molar-refractivity contribution < 1.29 is 14.3 Å². The van der Waals surface area contributed by atoms with Crippen LogP contribution in [0.25, 0.3) is 0 Å². The first kappa shape index (κ1) is 13.8. The molecule has 19 heavy (non-hydrogen) atoms. The van der Waals surface area contributed by atoms with Crippen molar-refractivity contribution in [2.45, 2.75) is 25.8 Å². The molecule has 1 saturated heterocycles. The highest BCUT2D eigenvalue weighted by molar-refractivity contribution is 7.13. The molecular weight excluding hydrogens is 266 g/mol. The van der Waals surface area contributed by atoms with E-state index >= 15 is 0 Å². The van der Waals surface area contributed by atoms with Crippen LogP contribution in [-0.2, 0) is 20.7 Å². The molecule has 0 spiro atoms. The smallest absolute Gasteiger partial charge is 0.311 e. The van der Waals surface area contributed by atoms with Crippen LogP contribution in [0.4, 0.5) is 5.13 Å². The van der Waals surface area contributed by atoms with E-state index in [1.54, 1.807) is 0 Å². The molecule has 104 valence electrons. The number of carbonyl (C=O) groups excluding carboxylic acids is 2. The lowest BCUT2D eigenvalue weighted by atomic mass is 10.00. The lowest BCUT2D eigenvalue weighted by molar-refractivity contribution is -0.139. The van der Waals surface area contributed by atoms with Gasteiger partial charge >= 0.3 is 5.97 Å². The van der Waals surface area contributed by atoms with E-state index in [-0.39, 0.29) is 18.3 Å². The summed E-state index contributed by atoms with van der Waals surface area (Å²) in [6, 6.07) is 0. The fourth-order valence-corrected chi connectivity index (χ4v) is 2.95. The van der Waals surface area contributed by atoms with Crippen LogP contribution >= 0.6 is 11.3 Å². The second-order valence-electron chi connectivity index (χ2n) is 4.84. The van der Waals surface area contributed by atoms with Crippen LogP contribution in [0.1, 0.15) is 19.5 Å². The van der Waals surface area contributed by atoms with Crippen LogP contribution in [0, 0.1) is 0 Å². The molecule has 1 aliphatic rings. The highest BCUT2D eigenvalue weighted by atomic mass is 32.1. The fourth-order valence-electron chi connectivity index (χ4n) is 1.96.